The summed E-state index contributed by atoms with van der Waals surface area (Å²) in [4.78, 5) is 38.6. The van der Waals surface area contributed by atoms with Gasteiger partial charge in [0.2, 0.25) is 5.95 Å². The van der Waals surface area contributed by atoms with Crippen LogP contribution in [-0.4, -0.2) is 59.0 Å². The number of piperazine rings is 1. The molecule has 0 radical (unpaired) electrons. The van der Waals surface area contributed by atoms with Crippen LogP contribution in [0.25, 0.3) is 11.0 Å². The van der Waals surface area contributed by atoms with Crippen molar-refractivity contribution in [3.8, 4) is 11.8 Å². The number of nitrogens with zero attached hydrogens (tertiary/aromatic N) is 4. The fraction of sp³-hybridized carbons (Fsp3) is 0.241. The normalized spacial score (nSPS) is 13.7. The second kappa shape index (κ2) is 11.0. The lowest BCUT2D eigenvalue weighted by Crippen LogP contribution is -2.46. The molecular formula is C29H26F2N6O2. The number of hydrogen-bond donors (Lipinski definition) is 2. The number of nitrogens with one attached hydrogen (secondary N) is 2. The van der Waals surface area contributed by atoms with Crippen molar-refractivity contribution < 1.29 is 13.6 Å². The Morgan fingerprint density at radius 1 is 1.05 bits per heavy atom. The van der Waals surface area contributed by atoms with Gasteiger partial charge in [-0.15, -0.1) is 0 Å². The van der Waals surface area contributed by atoms with Crippen molar-refractivity contribution in [2.75, 3.05) is 38.1 Å². The van der Waals surface area contributed by atoms with Crippen LogP contribution < -0.4 is 15.8 Å². The first kappa shape index (κ1) is 26.0. The van der Waals surface area contributed by atoms with Gasteiger partial charge in [0.1, 0.15) is 22.4 Å². The number of rotatable bonds is 4. The lowest BCUT2D eigenvalue weighted by atomic mass is 10.1. The van der Waals surface area contributed by atoms with Gasteiger partial charge in [-0.2, -0.15) is 4.39 Å². The molecule has 0 saturated carbocycles. The molecule has 0 aliphatic carbocycles. The van der Waals surface area contributed by atoms with Crippen LogP contribution in [0.5, 0.6) is 0 Å². The minimum atomic E-state index is -0.710. The first-order valence-electron chi connectivity index (χ1n) is 12.5. The van der Waals surface area contributed by atoms with E-state index in [1.54, 1.807) is 19.1 Å². The molecule has 198 valence electrons. The van der Waals surface area contributed by atoms with E-state index >= 15 is 4.39 Å². The molecule has 0 unspecified atom stereocenters. The Morgan fingerprint density at radius 2 is 1.79 bits per heavy atom. The van der Waals surface area contributed by atoms with E-state index in [9.17, 15) is 14.0 Å². The van der Waals surface area contributed by atoms with Gasteiger partial charge in [-0.05, 0) is 37.3 Å². The maximum atomic E-state index is 15.6. The van der Waals surface area contributed by atoms with Crippen LogP contribution in [0.15, 0.2) is 53.3 Å². The molecule has 39 heavy (non-hydrogen) atoms. The van der Waals surface area contributed by atoms with Gasteiger partial charge in [-0.1, -0.05) is 30.0 Å². The Labute approximate surface area is 223 Å². The molecule has 1 fully saturated rings. The zero-order valence-corrected chi connectivity index (χ0v) is 21.5. The number of anilines is 1. The summed E-state index contributed by atoms with van der Waals surface area (Å²) in [6.07, 6.45) is 0. The molecule has 2 N–H and O–H groups in total. The average Bonchev–Trinajstić information content (AvgIpc) is 2.95. The van der Waals surface area contributed by atoms with Crippen LogP contribution in [0.2, 0.25) is 0 Å². The number of H-pyrrole nitrogens is 1. The maximum Gasteiger partial charge on any atom is 0.269 e. The lowest BCUT2D eigenvalue weighted by molar-refractivity contribution is 0.0957. The largest absolute Gasteiger partial charge is 0.365 e. The minimum absolute atomic E-state index is 0.0121. The predicted octanol–water partition coefficient (Wildman–Crippen LogP) is 2.99. The molecule has 2 aromatic heterocycles. The second-order valence-corrected chi connectivity index (χ2v) is 9.24. The zero-order chi connectivity index (χ0) is 27.5. The molecular weight excluding hydrogens is 502 g/mol. The van der Waals surface area contributed by atoms with Gasteiger partial charge >= 0.3 is 0 Å². The number of amides is 1. The highest BCUT2D eigenvalue weighted by Crippen LogP contribution is 2.25. The minimum Gasteiger partial charge on any atom is -0.365 e. The third-order valence-electron chi connectivity index (χ3n) is 6.67. The Kier molecular flexibility index (Phi) is 7.34. The van der Waals surface area contributed by atoms with Gasteiger partial charge in [0.25, 0.3) is 11.5 Å². The fourth-order valence-electron chi connectivity index (χ4n) is 4.53. The van der Waals surface area contributed by atoms with E-state index in [0.717, 1.165) is 5.56 Å². The van der Waals surface area contributed by atoms with E-state index in [4.69, 9.17) is 0 Å². The molecule has 0 atom stereocenters. The van der Waals surface area contributed by atoms with Gasteiger partial charge in [-0.25, -0.2) is 14.4 Å². The SMILES string of the molecule is CNC(=O)c1ccc(N2CCN(Cc3cc(C#Cc4ccccc4)c4nc(C)c(=O)[nH]c4c3F)CC2)c(F)n1. The number of fused-ring (bicyclic) bond motifs is 1. The standard InChI is InChI=1S/C29H26F2N6O2/c1-18-28(38)35-26-24(30)21(16-20(25(26)33-18)9-8-19-6-4-3-5-7-19)17-36-12-14-37(15-13-36)23-11-10-22(29(39)32-2)34-27(23)31/h3-7,10-11,16H,12-15,17H2,1-2H3,(H,32,39)(H,35,38). The van der Waals surface area contributed by atoms with Crippen LogP contribution in [0.3, 0.4) is 0 Å². The van der Waals surface area contributed by atoms with Gasteiger partial charge in [-0.3, -0.25) is 14.5 Å². The molecule has 3 heterocycles. The number of halogens is 2. The Balaban J connectivity index is 1.39. The Bertz CT molecular complexity index is 1670. The smallest absolute Gasteiger partial charge is 0.269 e. The molecule has 1 aliphatic rings. The molecule has 0 spiro atoms. The number of carbonyl (C=O) groups excluding carboxylic acids is 1. The number of aromatic amines is 1. The fourth-order valence-corrected chi connectivity index (χ4v) is 4.53. The van der Waals surface area contributed by atoms with E-state index in [1.165, 1.54) is 13.1 Å². The molecule has 1 saturated heterocycles. The molecule has 1 amide bonds. The number of carbonyl (C=O) groups is 1. The van der Waals surface area contributed by atoms with Crippen molar-refractivity contribution in [3.05, 3.63) is 98.7 Å². The highest BCUT2D eigenvalue weighted by Gasteiger charge is 2.23. The van der Waals surface area contributed by atoms with E-state index < -0.39 is 23.2 Å². The van der Waals surface area contributed by atoms with Crippen molar-refractivity contribution in [3.63, 3.8) is 0 Å². The number of hydrogen-bond acceptors (Lipinski definition) is 6. The summed E-state index contributed by atoms with van der Waals surface area (Å²) in [6.45, 7) is 3.92. The number of aromatic nitrogens is 3. The van der Waals surface area contributed by atoms with Crippen LogP contribution in [0, 0.1) is 30.5 Å². The lowest BCUT2D eigenvalue weighted by Gasteiger charge is -2.36. The summed E-state index contributed by atoms with van der Waals surface area (Å²) in [5, 5.41) is 2.43. The molecule has 5 rings (SSSR count). The highest BCUT2D eigenvalue weighted by atomic mass is 19.1. The third kappa shape index (κ3) is 5.49. The average molecular weight is 529 g/mol. The zero-order valence-electron chi connectivity index (χ0n) is 21.5. The van der Waals surface area contributed by atoms with Crippen LogP contribution in [-0.2, 0) is 6.54 Å². The maximum absolute atomic E-state index is 15.6. The topological polar surface area (TPSA) is 94.2 Å². The molecule has 2 aromatic carbocycles. The van der Waals surface area contributed by atoms with Crippen LogP contribution in [0.4, 0.5) is 14.5 Å². The monoisotopic (exact) mass is 528 g/mol. The van der Waals surface area contributed by atoms with E-state index in [2.05, 4.69) is 37.0 Å². The summed E-state index contributed by atoms with van der Waals surface area (Å²) in [5.41, 5.74) is 2.16. The van der Waals surface area contributed by atoms with Crippen LogP contribution >= 0.6 is 0 Å². The van der Waals surface area contributed by atoms with Crippen molar-refractivity contribution in [1.29, 1.82) is 0 Å². The third-order valence-corrected chi connectivity index (χ3v) is 6.67. The predicted molar refractivity (Wildman–Crippen MR) is 145 cm³/mol. The molecule has 4 aromatic rings. The molecule has 1 aliphatic heterocycles. The van der Waals surface area contributed by atoms with E-state index in [-0.39, 0.29) is 23.4 Å². The highest BCUT2D eigenvalue weighted by molar-refractivity contribution is 5.92. The number of aryl methyl sites for hydroxylation is 1. The summed E-state index contributed by atoms with van der Waals surface area (Å²) < 4.78 is 30.3. The van der Waals surface area contributed by atoms with Crippen molar-refractivity contribution >= 4 is 22.6 Å². The Morgan fingerprint density at radius 3 is 2.49 bits per heavy atom. The number of pyridine rings is 1. The molecule has 10 heteroatoms. The van der Waals surface area contributed by atoms with Crippen molar-refractivity contribution in [2.24, 2.45) is 0 Å². The Hall–Kier alpha value is -4.62. The summed E-state index contributed by atoms with van der Waals surface area (Å²) in [5.74, 6) is 4.49. The van der Waals surface area contributed by atoms with Crippen molar-refractivity contribution in [2.45, 2.75) is 13.5 Å². The van der Waals surface area contributed by atoms with Gasteiger partial charge < -0.3 is 15.2 Å². The van der Waals surface area contributed by atoms with Crippen LogP contribution in [0.1, 0.15) is 32.9 Å². The molecule has 8 nitrogen and oxygen atoms in total. The van der Waals surface area contributed by atoms with Gasteiger partial charge in [0, 0.05) is 50.9 Å². The summed E-state index contributed by atoms with van der Waals surface area (Å²) in [6, 6.07) is 14.2. The van der Waals surface area contributed by atoms with Gasteiger partial charge in [0.05, 0.1) is 11.3 Å². The quantitative estimate of drug-likeness (QED) is 0.313. The second-order valence-electron chi connectivity index (χ2n) is 9.24. The van der Waals surface area contributed by atoms with Crippen molar-refractivity contribution in [1.82, 2.24) is 25.2 Å². The summed E-state index contributed by atoms with van der Waals surface area (Å²) >= 11 is 0. The first-order chi connectivity index (χ1) is 18.8. The van der Waals surface area contributed by atoms with E-state index in [0.29, 0.717) is 48.5 Å². The first-order valence-corrected chi connectivity index (χ1v) is 12.5. The number of benzene rings is 2. The van der Waals surface area contributed by atoms with Gasteiger partial charge in [0.15, 0.2) is 5.82 Å². The summed E-state index contributed by atoms with van der Waals surface area (Å²) in [7, 11) is 1.46. The van der Waals surface area contributed by atoms with E-state index in [1.807, 2.05) is 35.2 Å². The molecule has 0 bridgehead atoms.